The average molecular weight is 254 g/mol. The number of nitrogens with one attached hydrogen (secondary N) is 1. The molecule has 5 heteroatoms. The lowest BCUT2D eigenvalue weighted by Crippen LogP contribution is -2.36. The van der Waals surface area contributed by atoms with Crippen LogP contribution in [-0.4, -0.2) is 31.2 Å². The van der Waals surface area contributed by atoms with Gasteiger partial charge in [-0.1, -0.05) is 6.07 Å². The number of hydrogen-bond donors (Lipinski definition) is 2. The van der Waals surface area contributed by atoms with E-state index >= 15 is 0 Å². The fraction of sp³-hybridized carbons (Fsp3) is 0.462. The SMILES string of the molecule is CCN(CC(=O)NC)c1cccc(F)c1[C@@H](C)O. The van der Waals surface area contributed by atoms with Gasteiger partial charge in [-0.2, -0.15) is 0 Å². The second kappa shape index (κ2) is 6.35. The van der Waals surface area contributed by atoms with Gasteiger partial charge < -0.3 is 15.3 Å². The highest BCUT2D eigenvalue weighted by Crippen LogP contribution is 2.28. The van der Waals surface area contributed by atoms with Gasteiger partial charge in [-0.05, 0) is 26.0 Å². The third-order valence-electron chi connectivity index (χ3n) is 2.78. The molecule has 0 spiro atoms. The number of aliphatic hydroxyl groups is 1. The van der Waals surface area contributed by atoms with E-state index in [1.807, 2.05) is 6.92 Å². The highest BCUT2D eigenvalue weighted by Gasteiger charge is 2.18. The zero-order chi connectivity index (χ0) is 13.7. The molecular weight excluding hydrogens is 235 g/mol. The van der Waals surface area contributed by atoms with Crippen LogP contribution >= 0.6 is 0 Å². The van der Waals surface area contributed by atoms with Gasteiger partial charge in [0.25, 0.3) is 0 Å². The average Bonchev–Trinajstić information content (AvgIpc) is 2.34. The van der Waals surface area contributed by atoms with E-state index in [1.54, 1.807) is 24.1 Å². The number of hydrogen-bond acceptors (Lipinski definition) is 3. The minimum Gasteiger partial charge on any atom is -0.389 e. The Bertz CT molecular complexity index is 421. The van der Waals surface area contributed by atoms with E-state index in [1.165, 1.54) is 13.0 Å². The molecule has 1 amide bonds. The van der Waals surface area contributed by atoms with Gasteiger partial charge in [0.05, 0.1) is 12.6 Å². The normalized spacial score (nSPS) is 12.1. The largest absolute Gasteiger partial charge is 0.389 e. The maximum Gasteiger partial charge on any atom is 0.239 e. The van der Waals surface area contributed by atoms with E-state index < -0.39 is 11.9 Å². The molecule has 1 rings (SSSR count). The summed E-state index contributed by atoms with van der Waals surface area (Å²) in [5, 5.41) is 12.2. The zero-order valence-electron chi connectivity index (χ0n) is 10.9. The lowest BCUT2D eigenvalue weighted by atomic mass is 10.1. The number of benzene rings is 1. The molecule has 0 saturated carbocycles. The van der Waals surface area contributed by atoms with Crippen LogP contribution in [-0.2, 0) is 4.79 Å². The van der Waals surface area contributed by atoms with Crippen molar-refractivity contribution >= 4 is 11.6 Å². The van der Waals surface area contributed by atoms with Crippen molar-refractivity contribution < 1.29 is 14.3 Å². The van der Waals surface area contributed by atoms with Crippen molar-refractivity contribution in [2.45, 2.75) is 20.0 Å². The first-order chi connectivity index (χ1) is 8.51. The predicted octanol–water partition coefficient (Wildman–Crippen LogP) is 1.45. The number of carbonyl (C=O) groups is 1. The number of anilines is 1. The van der Waals surface area contributed by atoms with Crippen molar-refractivity contribution in [3.8, 4) is 0 Å². The topological polar surface area (TPSA) is 52.6 Å². The summed E-state index contributed by atoms with van der Waals surface area (Å²) in [6.45, 7) is 4.07. The lowest BCUT2D eigenvalue weighted by molar-refractivity contribution is -0.119. The van der Waals surface area contributed by atoms with E-state index in [-0.39, 0.29) is 18.0 Å². The molecule has 0 aliphatic heterocycles. The molecule has 0 heterocycles. The minimum atomic E-state index is -0.917. The smallest absolute Gasteiger partial charge is 0.239 e. The second-order valence-electron chi connectivity index (χ2n) is 4.04. The number of aliphatic hydroxyl groups excluding tert-OH is 1. The van der Waals surface area contributed by atoms with Gasteiger partial charge in [0.1, 0.15) is 5.82 Å². The number of nitrogens with zero attached hydrogens (tertiary/aromatic N) is 1. The summed E-state index contributed by atoms with van der Waals surface area (Å²) in [5.41, 5.74) is 0.777. The molecule has 18 heavy (non-hydrogen) atoms. The maximum absolute atomic E-state index is 13.7. The molecule has 1 atom stereocenters. The molecule has 0 aliphatic rings. The summed E-state index contributed by atoms with van der Waals surface area (Å²) in [4.78, 5) is 13.1. The number of likely N-dealkylation sites (N-methyl/N-ethyl adjacent to an activating group) is 2. The van der Waals surface area contributed by atoms with Crippen LogP contribution in [0.5, 0.6) is 0 Å². The Hall–Kier alpha value is -1.62. The van der Waals surface area contributed by atoms with E-state index in [0.29, 0.717) is 12.2 Å². The van der Waals surface area contributed by atoms with Crippen molar-refractivity contribution in [3.05, 3.63) is 29.6 Å². The zero-order valence-corrected chi connectivity index (χ0v) is 10.9. The standard InChI is InChI=1S/C13H19FN2O2/c1-4-16(8-12(18)15-3)11-7-5-6-10(14)13(11)9(2)17/h5-7,9,17H,4,8H2,1-3H3,(H,15,18)/t9-/m1/s1. The monoisotopic (exact) mass is 254 g/mol. The summed E-state index contributed by atoms with van der Waals surface area (Å²) < 4.78 is 13.7. The van der Waals surface area contributed by atoms with E-state index in [4.69, 9.17) is 0 Å². The van der Waals surface area contributed by atoms with E-state index in [2.05, 4.69) is 5.32 Å². The van der Waals surface area contributed by atoms with Crippen LogP contribution in [0.25, 0.3) is 0 Å². The highest BCUT2D eigenvalue weighted by molar-refractivity contribution is 5.81. The van der Waals surface area contributed by atoms with Crippen LogP contribution in [0.1, 0.15) is 25.5 Å². The first kappa shape index (κ1) is 14.4. The Kier molecular flexibility index (Phi) is 5.09. The number of halogens is 1. The van der Waals surface area contributed by atoms with Crippen molar-refractivity contribution in [1.29, 1.82) is 0 Å². The fourth-order valence-electron chi connectivity index (χ4n) is 1.83. The third-order valence-corrected chi connectivity index (χ3v) is 2.78. The first-order valence-electron chi connectivity index (χ1n) is 5.93. The highest BCUT2D eigenvalue weighted by atomic mass is 19.1. The van der Waals surface area contributed by atoms with Gasteiger partial charge in [-0.15, -0.1) is 0 Å². The summed E-state index contributed by atoms with van der Waals surface area (Å²) in [7, 11) is 1.55. The van der Waals surface area contributed by atoms with Crippen molar-refractivity contribution in [2.24, 2.45) is 0 Å². The van der Waals surface area contributed by atoms with Crippen molar-refractivity contribution in [3.63, 3.8) is 0 Å². The number of carbonyl (C=O) groups excluding carboxylic acids is 1. The van der Waals surface area contributed by atoms with Crippen LogP contribution < -0.4 is 10.2 Å². The quantitative estimate of drug-likeness (QED) is 0.836. The molecule has 0 bridgehead atoms. The lowest BCUT2D eigenvalue weighted by Gasteiger charge is -2.26. The van der Waals surface area contributed by atoms with Crippen LogP contribution in [0.15, 0.2) is 18.2 Å². The van der Waals surface area contributed by atoms with Crippen molar-refractivity contribution in [2.75, 3.05) is 25.0 Å². The van der Waals surface area contributed by atoms with Gasteiger partial charge in [0.15, 0.2) is 0 Å². The number of rotatable bonds is 5. The summed E-state index contributed by atoms with van der Waals surface area (Å²) in [5.74, 6) is -0.615. The fourth-order valence-corrected chi connectivity index (χ4v) is 1.83. The molecule has 0 radical (unpaired) electrons. The first-order valence-corrected chi connectivity index (χ1v) is 5.93. The van der Waals surface area contributed by atoms with Crippen molar-refractivity contribution in [1.82, 2.24) is 5.32 Å². The van der Waals surface area contributed by atoms with Gasteiger partial charge in [0, 0.05) is 24.8 Å². The Morgan fingerprint density at radius 2 is 2.22 bits per heavy atom. The predicted molar refractivity (Wildman–Crippen MR) is 69.0 cm³/mol. The molecule has 0 unspecified atom stereocenters. The van der Waals surface area contributed by atoms with Gasteiger partial charge in [-0.25, -0.2) is 4.39 Å². The maximum atomic E-state index is 13.7. The summed E-state index contributed by atoms with van der Waals surface area (Å²) in [6, 6.07) is 4.58. The molecule has 0 aliphatic carbocycles. The van der Waals surface area contributed by atoms with Crippen LogP contribution in [0.4, 0.5) is 10.1 Å². The summed E-state index contributed by atoms with van der Waals surface area (Å²) >= 11 is 0. The molecular formula is C13H19FN2O2. The molecule has 1 aromatic carbocycles. The van der Waals surface area contributed by atoms with Crippen LogP contribution in [0.3, 0.4) is 0 Å². The Morgan fingerprint density at radius 3 is 2.72 bits per heavy atom. The van der Waals surface area contributed by atoms with E-state index in [0.717, 1.165) is 0 Å². The molecule has 1 aromatic rings. The number of amides is 1. The Balaban J connectivity index is 3.12. The summed E-state index contributed by atoms with van der Waals surface area (Å²) in [6.07, 6.45) is -0.917. The molecule has 4 nitrogen and oxygen atoms in total. The Labute approximate surface area is 106 Å². The third kappa shape index (κ3) is 3.20. The minimum absolute atomic E-state index is 0.135. The molecule has 0 saturated heterocycles. The van der Waals surface area contributed by atoms with Gasteiger partial charge in [0.2, 0.25) is 5.91 Å². The van der Waals surface area contributed by atoms with Gasteiger partial charge in [-0.3, -0.25) is 4.79 Å². The molecule has 2 N–H and O–H groups in total. The van der Waals surface area contributed by atoms with Crippen LogP contribution in [0.2, 0.25) is 0 Å². The molecule has 100 valence electrons. The van der Waals surface area contributed by atoms with Gasteiger partial charge >= 0.3 is 0 Å². The van der Waals surface area contributed by atoms with Crippen LogP contribution in [0, 0.1) is 5.82 Å². The second-order valence-corrected chi connectivity index (χ2v) is 4.04. The molecule has 0 fully saturated rings. The Morgan fingerprint density at radius 1 is 1.56 bits per heavy atom. The van der Waals surface area contributed by atoms with E-state index in [9.17, 15) is 14.3 Å². The molecule has 0 aromatic heterocycles.